The summed E-state index contributed by atoms with van der Waals surface area (Å²) in [4.78, 5) is 86.7. The monoisotopic (exact) mass is 1450 g/mol. The number of urea groups is 4. The average molecular weight is 1460 g/mol. The lowest BCUT2D eigenvalue weighted by Crippen LogP contribution is -2.41. The molecule has 0 aliphatic carbocycles. The maximum Gasteiger partial charge on any atom is 0.492 e. The first-order chi connectivity index (χ1) is 49.4. The molecule has 0 radical (unpaired) electrons. The van der Waals surface area contributed by atoms with E-state index in [1.807, 2.05) is 137 Å². The molecule has 4 aromatic heterocycles. The predicted molar refractivity (Wildman–Crippen MR) is 407 cm³/mol. The van der Waals surface area contributed by atoms with Gasteiger partial charge in [-0.3, -0.25) is 24.6 Å². The summed E-state index contributed by atoms with van der Waals surface area (Å²) in [7, 11) is 1.53. The van der Waals surface area contributed by atoms with Gasteiger partial charge in [-0.15, -0.1) is 13.2 Å². The first kappa shape index (κ1) is 73.6. The van der Waals surface area contributed by atoms with Gasteiger partial charge in [-0.2, -0.15) is 10.1 Å². The highest BCUT2D eigenvalue weighted by atomic mass is 79.9. The highest BCUT2D eigenvalue weighted by Gasteiger charge is 2.57. The lowest BCUT2D eigenvalue weighted by Gasteiger charge is -2.32. The first-order valence-corrected chi connectivity index (χ1v) is 36.9. The maximum atomic E-state index is 12.3. The molecular weight excluding hydrogens is 1370 g/mol. The number of amides is 8. The Morgan fingerprint density at radius 2 is 0.824 bits per heavy atom. The van der Waals surface area contributed by atoms with Crippen molar-refractivity contribution in [3.8, 4) is 0 Å². The van der Waals surface area contributed by atoms with E-state index in [9.17, 15) is 19.2 Å². The van der Waals surface area contributed by atoms with Crippen LogP contribution in [0.1, 0.15) is 51.7 Å². The van der Waals surface area contributed by atoms with Crippen LogP contribution in [-0.4, -0.2) is 206 Å². The largest absolute Gasteiger partial charge is 0.492 e. The van der Waals surface area contributed by atoms with Crippen LogP contribution in [0.25, 0.3) is 16.7 Å². The third kappa shape index (κ3) is 16.1. The molecule has 526 valence electrons. The second kappa shape index (κ2) is 33.4. The van der Waals surface area contributed by atoms with E-state index in [1.165, 1.54) is 37.2 Å². The fourth-order valence-corrected chi connectivity index (χ4v) is 17.4. The summed E-state index contributed by atoms with van der Waals surface area (Å²) in [6, 6.07) is 56.0. The Kier molecular flexibility index (Phi) is 24.1. The topological polar surface area (TPSA) is 183 Å². The molecule has 20 nitrogen and oxygen atoms in total. The highest BCUT2D eigenvalue weighted by Crippen LogP contribution is 2.57. The summed E-state index contributed by atoms with van der Waals surface area (Å²) >= 11 is 3.20. The molecule has 5 saturated heterocycles. The standard InChI is InChI=1S/C21H20P.C15H23BN2O4.C14H15N3O2.2C12H13N3O.C5H4BrN/c1-2-18-22(19-12-6-3-7-13-19,20-14-8-4-9-15-20)21-16-10-5-11-17-21;1-6-9-20-18-12-10-17(13(18)19)8-7-11(12)16-21-14(2,3)15(4,5)22-16;1-2-9-19-17-13-10-16(14(17)18)8-6-11(13)12-5-3-4-7-15-12;2*1-14-11-8-15(12(14)16)7-5-9(11)10-4-2-3-6-13-10;6-5-3-1-2-4-7-5/h2-18H,1H3;6-7,12H,1,8-10H2,2-5H3;2-7,13H,1,8-10H2;2*2-6,11H,7-8H2,1H3;1-4H/q+1;;;;;/b18-2+;;;;;. The van der Waals surface area contributed by atoms with Crippen LogP contribution >= 0.6 is 23.2 Å². The summed E-state index contributed by atoms with van der Waals surface area (Å²) in [5.41, 5.74) is 6.42. The molecule has 16 rings (SSSR count). The molecule has 4 unspecified atom stereocenters. The van der Waals surface area contributed by atoms with E-state index in [4.69, 9.17) is 19.0 Å². The molecule has 0 N–H and O–H groups in total. The third-order valence-electron chi connectivity index (χ3n) is 19.3. The number of hydroxylamine groups is 4. The summed E-state index contributed by atoms with van der Waals surface area (Å²) < 4.78 is 13.1. The molecule has 9 aliphatic heterocycles. The number of rotatable bonds is 14. The van der Waals surface area contributed by atoms with Crippen LogP contribution < -0.4 is 15.9 Å². The minimum absolute atomic E-state index is 0.0869. The van der Waals surface area contributed by atoms with Gasteiger partial charge < -0.3 is 38.7 Å². The molecule has 8 bridgehead atoms. The number of nitrogens with zero attached hydrogens (tertiary/aromatic N) is 12. The summed E-state index contributed by atoms with van der Waals surface area (Å²) in [5.74, 6) is 2.41. The summed E-state index contributed by atoms with van der Waals surface area (Å²) in [5, 5.41) is 7.04. The van der Waals surface area contributed by atoms with E-state index in [1.54, 1.807) is 56.5 Å². The van der Waals surface area contributed by atoms with Gasteiger partial charge in [-0.25, -0.2) is 24.2 Å². The fourth-order valence-electron chi connectivity index (χ4n) is 13.3. The van der Waals surface area contributed by atoms with Crippen LogP contribution in [0.2, 0.25) is 0 Å². The zero-order valence-corrected chi connectivity index (χ0v) is 61.3. The Morgan fingerprint density at radius 3 is 1.18 bits per heavy atom. The Hall–Kier alpha value is -9.67. The normalized spacial score (nSPS) is 20.8. The number of allylic oxidation sites excluding steroid dienone is 1. The smallest absolute Gasteiger partial charge is 0.400 e. The lowest BCUT2D eigenvalue weighted by molar-refractivity contribution is -0.109. The molecule has 0 spiro atoms. The lowest BCUT2D eigenvalue weighted by atomic mass is 9.72. The molecule has 9 aliphatic rings. The Morgan fingerprint density at radius 1 is 0.480 bits per heavy atom. The van der Waals surface area contributed by atoms with Crippen molar-refractivity contribution in [2.24, 2.45) is 0 Å². The van der Waals surface area contributed by atoms with Gasteiger partial charge >= 0.3 is 31.2 Å². The number of benzene rings is 3. The molecule has 5 fully saturated rings. The zero-order valence-electron chi connectivity index (χ0n) is 58.8. The SMILES string of the molecule is Brc1ccccn1.C/C=C/[P+](c1ccccc1)(c1ccccc1)c1ccccc1.C=CCON1C(=O)N2CC=C(B3OC(C)(C)C(C)(C)O3)C1C2.C=CCON1C(=O)N2CC=C(c3ccccn3)C1C2.CN1C(=O)N2CC=C(c3ccccn3)C1C2.CN1C(=O)N2CC=C(c3ccccn3)C1C2. The number of fused-ring (bicyclic) bond motifs is 8. The number of carbonyl (C=O) groups is 4. The van der Waals surface area contributed by atoms with Crippen LogP contribution in [-0.2, 0) is 19.0 Å². The van der Waals surface area contributed by atoms with Crippen LogP contribution in [0.4, 0.5) is 19.2 Å². The minimum Gasteiger partial charge on any atom is -0.400 e. The number of aromatic nitrogens is 4. The van der Waals surface area contributed by atoms with Gasteiger partial charge in [-0.1, -0.05) is 121 Å². The molecule has 8 amide bonds. The minimum atomic E-state index is -1.73. The van der Waals surface area contributed by atoms with Crippen molar-refractivity contribution < 1.29 is 38.2 Å². The number of hydrogen-bond acceptors (Lipinski definition) is 12. The first-order valence-electron chi connectivity index (χ1n) is 34.2. The Balaban J connectivity index is 0.000000126. The summed E-state index contributed by atoms with van der Waals surface area (Å²) in [6.07, 6.45) is 20.8. The molecule has 3 aromatic carbocycles. The zero-order chi connectivity index (χ0) is 72.0. The third-order valence-corrected chi connectivity index (χ3v) is 23.9. The maximum absolute atomic E-state index is 12.3. The van der Waals surface area contributed by atoms with E-state index in [2.05, 4.69) is 171 Å². The van der Waals surface area contributed by atoms with Crippen molar-refractivity contribution in [2.45, 2.75) is 70.0 Å². The summed E-state index contributed by atoms with van der Waals surface area (Å²) in [6.45, 7) is 23.5. The Labute approximate surface area is 608 Å². The van der Waals surface area contributed by atoms with Gasteiger partial charge in [0, 0.05) is 90.3 Å². The number of pyridine rings is 4. The highest BCUT2D eigenvalue weighted by molar-refractivity contribution is 9.10. The number of halogens is 1. The van der Waals surface area contributed by atoms with E-state index in [-0.39, 0.29) is 48.3 Å². The van der Waals surface area contributed by atoms with Crippen LogP contribution in [0.15, 0.2) is 260 Å². The molecule has 23 heteroatoms. The molecule has 0 saturated carbocycles. The molecular formula is C79H88BBrN12O8P+. The number of carbonyl (C=O) groups excluding carboxylic acids is 4. The van der Waals surface area contributed by atoms with Crippen molar-refractivity contribution in [2.75, 3.05) is 79.7 Å². The number of hydrogen-bond donors (Lipinski definition) is 0. The van der Waals surface area contributed by atoms with Crippen LogP contribution in [0.5, 0.6) is 0 Å². The molecule has 7 aromatic rings. The fraction of sp³-hybridized carbons (Fsp3) is 0.291. The van der Waals surface area contributed by atoms with Gasteiger partial charge in [0.15, 0.2) is 0 Å². The van der Waals surface area contributed by atoms with Gasteiger partial charge in [0.05, 0.1) is 72.0 Å². The predicted octanol–water partition coefficient (Wildman–Crippen LogP) is 12.3. The quantitative estimate of drug-likeness (QED) is 0.0435. The van der Waals surface area contributed by atoms with Gasteiger partial charge in [0.1, 0.15) is 33.8 Å². The van der Waals surface area contributed by atoms with E-state index in [0.717, 1.165) is 45.8 Å². The molecule has 102 heavy (non-hydrogen) atoms. The van der Waals surface area contributed by atoms with Crippen LogP contribution in [0, 0.1) is 0 Å². The van der Waals surface area contributed by atoms with Gasteiger partial charge in [0.25, 0.3) is 0 Å². The van der Waals surface area contributed by atoms with E-state index < -0.39 is 25.6 Å². The van der Waals surface area contributed by atoms with Crippen molar-refractivity contribution in [1.29, 1.82) is 0 Å². The van der Waals surface area contributed by atoms with Gasteiger partial charge in [0.2, 0.25) is 0 Å². The van der Waals surface area contributed by atoms with Crippen molar-refractivity contribution in [3.05, 3.63) is 277 Å². The van der Waals surface area contributed by atoms with Gasteiger partial charge in [-0.05, 0) is 152 Å². The van der Waals surface area contributed by atoms with Crippen LogP contribution in [0.3, 0.4) is 0 Å². The molecule has 4 atom stereocenters. The van der Waals surface area contributed by atoms with Crippen molar-refractivity contribution in [3.63, 3.8) is 0 Å². The average Bonchev–Trinajstić information content (AvgIpc) is 0.843. The second-order valence-corrected chi connectivity index (χ2v) is 30.2. The number of likely N-dealkylation sites (N-methyl/N-ethyl adjacent to an activating group) is 2. The van der Waals surface area contributed by atoms with E-state index >= 15 is 0 Å². The second-order valence-electron chi connectivity index (χ2n) is 26.1. The molecule has 13 heterocycles. The Bertz CT molecular complexity index is 4000. The van der Waals surface area contributed by atoms with Crippen molar-refractivity contribution in [1.82, 2.24) is 59.5 Å². The van der Waals surface area contributed by atoms with Crippen molar-refractivity contribution >= 4 is 87.1 Å². The van der Waals surface area contributed by atoms with E-state index in [0.29, 0.717) is 52.5 Å².